The molecule has 3 aromatic rings. The zero-order chi connectivity index (χ0) is 19.5. The molecular formula is C21H21N3O4. The lowest BCUT2D eigenvalue weighted by molar-refractivity contribution is 0.0858. The second kappa shape index (κ2) is 7.82. The van der Waals surface area contributed by atoms with Crippen LogP contribution in [0, 0.1) is 0 Å². The number of rotatable bonds is 5. The summed E-state index contributed by atoms with van der Waals surface area (Å²) in [6, 6.07) is 12.1. The van der Waals surface area contributed by atoms with Gasteiger partial charge in [0.05, 0.1) is 29.8 Å². The highest BCUT2D eigenvalue weighted by atomic mass is 16.5. The summed E-state index contributed by atoms with van der Waals surface area (Å²) >= 11 is 0. The van der Waals surface area contributed by atoms with Crippen molar-refractivity contribution in [2.45, 2.75) is 18.9 Å². The van der Waals surface area contributed by atoms with Crippen molar-refractivity contribution in [3.05, 3.63) is 64.7 Å². The van der Waals surface area contributed by atoms with Crippen molar-refractivity contribution >= 4 is 16.8 Å². The van der Waals surface area contributed by atoms with Gasteiger partial charge in [-0.1, -0.05) is 0 Å². The molecule has 7 heteroatoms. The SMILES string of the molecule is COc1ccc(-n2cnc3cc(C(=O)NC[C@@H]4CCCO4)ccc3c2=O)cc1. The summed E-state index contributed by atoms with van der Waals surface area (Å²) in [5, 5.41) is 3.33. The first kappa shape index (κ1) is 18.2. The molecule has 1 N–H and O–H groups in total. The number of fused-ring (bicyclic) bond motifs is 1. The van der Waals surface area contributed by atoms with Gasteiger partial charge in [0.25, 0.3) is 11.5 Å². The van der Waals surface area contributed by atoms with Crippen LogP contribution in [0.2, 0.25) is 0 Å². The van der Waals surface area contributed by atoms with Crippen LogP contribution in [0.1, 0.15) is 23.2 Å². The first-order valence-corrected chi connectivity index (χ1v) is 9.21. The third-order valence-corrected chi connectivity index (χ3v) is 4.89. The standard InChI is InChI=1S/C21H21N3O4/c1-27-16-7-5-15(6-8-16)24-13-23-19-11-14(4-9-18(19)21(24)26)20(25)22-12-17-3-2-10-28-17/h4-9,11,13,17H,2-3,10,12H2,1H3,(H,22,25)/t17-/m0/s1. The Morgan fingerprint density at radius 3 is 2.82 bits per heavy atom. The van der Waals surface area contributed by atoms with E-state index in [1.807, 2.05) is 0 Å². The largest absolute Gasteiger partial charge is 0.497 e. The molecule has 0 unspecified atom stereocenters. The quantitative estimate of drug-likeness (QED) is 0.736. The molecule has 28 heavy (non-hydrogen) atoms. The smallest absolute Gasteiger partial charge is 0.265 e. The van der Waals surface area contributed by atoms with Gasteiger partial charge in [-0.15, -0.1) is 0 Å². The van der Waals surface area contributed by atoms with Gasteiger partial charge in [0.15, 0.2) is 0 Å². The molecule has 7 nitrogen and oxygen atoms in total. The van der Waals surface area contributed by atoms with Crippen molar-refractivity contribution < 1.29 is 14.3 Å². The lowest BCUT2D eigenvalue weighted by Gasteiger charge is -2.11. The lowest BCUT2D eigenvalue weighted by atomic mass is 10.1. The Morgan fingerprint density at radius 1 is 1.29 bits per heavy atom. The van der Waals surface area contributed by atoms with Crippen LogP contribution in [0.4, 0.5) is 0 Å². The number of carbonyl (C=O) groups is 1. The van der Waals surface area contributed by atoms with Crippen LogP contribution in [0.25, 0.3) is 16.6 Å². The Balaban J connectivity index is 1.58. The maximum atomic E-state index is 12.8. The van der Waals surface area contributed by atoms with E-state index >= 15 is 0 Å². The Labute approximate surface area is 161 Å². The van der Waals surface area contributed by atoms with E-state index in [0.717, 1.165) is 19.4 Å². The number of amides is 1. The fourth-order valence-electron chi connectivity index (χ4n) is 3.30. The van der Waals surface area contributed by atoms with Gasteiger partial charge in [0.2, 0.25) is 0 Å². The van der Waals surface area contributed by atoms with Gasteiger partial charge >= 0.3 is 0 Å². The summed E-state index contributed by atoms with van der Waals surface area (Å²) < 4.78 is 12.1. The van der Waals surface area contributed by atoms with Gasteiger partial charge in [0.1, 0.15) is 12.1 Å². The third-order valence-electron chi connectivity index (χ3n) is 4.89. The molecule has 0 spiro atoms. The van der Waals surface area contributed by atoms with Crippen molar-refractivity contribution in [1.82, 2.24) is 14.9 Å². The number of benzene rings is 2. The predicted molar refractivity (Wildman–Crippen MR) is 105 cm³/mol. The first-order chi connectivity index (χ1) is 13.7. The summed E-state index contributed by atoms with van der Waals surface area (Å²) in [4.78, 5) is 29.6. The molecule has 0 bridgehead atoms. The van der Waals surface area contributed by atoms with E-state index < -0.39 is 0 Å². The minimum atomic E-state index is -0.196. The molecule has 0 aliphatic carbocycles. The van der Waals surface area contributed by atoms with Crippen LogP contribution in [0.5, 0.6) is 5.75 Å². The van der Waals surface area contributed by atoms with Gasteiger partial charge in [-0.05, 0) is 55.3 Å². The van der Waals surface area contributed by atoms with Crippen LogP contribution in [0.3, 0.4) is 0 Å². The van der Waals surface area contributed by atoms with Gasteiger partial charge in [-0.25, -0.2) is 4.98 Å². The van der Waals surface area contributed by atoms with Gasteiger partial charge < -0.3 is 14.8 Å². The van der Waals surface area contributed by atoms with Crippen molar-refractivity contribution in [1.29, 1.82) is 0 Å². The molecule has 1 amide bonds. The molecule has 1 aliphatic heterocycles. The fourth-order valence-corrected chi connectivity index (χ4v) is 3.30. The van der Waals surface area contributed by atoms with Gasteiger partial charge in [0, 0.05) is 18.7 Å². The second-order valence-corrected chi connectivity index (χ2v) is 6.69. The van der Waals surface area contributed by atoms with E-state index in [2.05, 4.69) is 10.3 Å². The zero-order valence-corrected chi connectivity index (χ0v) is 15.6. The molecule has 2 aromatic carbocycles. The molecule has 144 valence electrons. The Kier molecular flexibility index (Phi) is 5.08. The highest BCUT2D eigenvalue weighted by molar-refractivity contribution is 5.97. The lowest BCUT2D eigenvalue weighted by Crippen LogP contribution is -2.31. The molecule has 4 rings (SSSR count). The molecular weight excluding hydrogens is 358 g/mol. The summed E-state index contributed by atoms with van der Waals surface area (Å²) in [7, 11) is 1.59. The number of carbonyl (C=O) groups excluding carboxylic acids is 1. The molecule has 0 saturated carbocycles. The van der Waals surface area contributed by atoms with Crippen LogP contribution in [-0.4, -0.2) is 41.8 Å². The van der Waals surface area contributed by atoms with Crippen LogP contribution < -0.4 is 15.6 Å². The fraction of sp³-hybridized carbons (Fsp3) is 0.286. The Bertz CT molecular complexity index is 1050. The van der Waals surface area contributed by atoms with E-state index in [1.54, 1.807) is 49.6 Å². The molecule has 2 heterocycles. The number of ether oxygens (including phenoxy) is 2. The molecule has 1 fully saturated rings. The van der Waals surface area contributed by atoms with E-state index in [-0.39, 0.29) is 17.6 Å². The summed E-state index contributed by atoms with van der Waals surface area (Å²) in [5.41, 5.74) is 1.46. The number of hydrogen-bond acceptors (Lipinski definition) is 5. The topological polar surface area (TPSA) is 82.5 Å². The second-order valence-electron chi connectivity index (χ2n) is 6.69. The van der Waals surface area contributed by atoms with E-state index in [0.29, 0.717) is 34.4 Å². The number of nitrogens with one attached hydrogen (secondary N) is 1. The summed E-state index contributed by atoms with van der Waals surface area (Å²) in [6.07, 6.45) is 3.55. The zero-order valence-electron chi connectivity index (χ0n) is 15.6. The number of nitrogens with zero attached hydrogens (tertiary/aromatic N) is 2. The summed E-state index contributed by atoms with van der Waals surface area (Å²) in [6.45, 7) is 1.24. The average Bonchev–Trinajstić information content (AvgIpc) is 3.26. The maximum Gasteiger partial charge on any atom is 0.265 e. The minimum absolute atomic E-state index is 0.0826. The van der Waals surface area contributed by atoms with E-state index in [4.69, 9.17) is 9.47 Å². The van der Waals surface area contributed by atoms with E-state index in [1.165, 1.54) is 10.9 Å². The van der Waals surface area contributed by atoms with Crippen LogP contribution >= 0.6 is 0 Å². The Hall–Kier alpha value is -3.19. The first-order valence-electron chi connectivity index (χ1n) is 9.21. The van der Waals surface area contributed by atoms with Crippen molar-refractivity contribution in [3.63, 3.8) is 0 Å². The third kappa shape index (κ3) is 3.61. The van der Waals surface area contributed by atoms with Crippen molar-refractivity contribution in [2.75, 3.05) is 20.3 Å². The van der Waals surface area contributed by atoms with Crippen molar-refractivity contribution in [2.24, 2.45) is 0 Å². The van der Waals surface area contributed by atoms with Crippen LogP contribution in [-0.2, 0) is 4.74 Å². The van der Waals surface area contributed by atoms with Crippen LogP contribution in [0.15, 0.2) is 53.6 Å². The number of aromatic nitrogens is 2. The summed E-state index contributed by atoms with van der Waals surface area (Å²) in [5.74, 6) is 0.516. The normalized spacial score (nSPS) is 16.2. The highest BCUT2D eigenvalue weighted by Crippen LogP contribution is 2.16. The Morgan fingerprint density at radius 2 is 2.11 bits per heavy atom. The van der Waals surface area contributed by atoms with Gasteiger partial charge in [-0.3, -0.25) is 14.2 Å². The molecule has 1 aromatic heterocycles. The maximum absolute atomic E-state index is 12.8. The minimum Gasteiger partial charge on any atom is -0.497 e. The average molecular weight is 379 g/mol. The number of methoxy groups -OCH3 is 1. The van der Waals surface area contributed by atoms with E-state index in [9.17, 15) is 9.59 Å². The molecule has 0 radical (unpaired) electrons. The van der Waals surface area contributed by atoms with Crippen molar-refractivity contribution in [3.8, 4) is 11.4 Å². The highest BCUT2D eigenvalue weighted by Gasteiger charge is 2.17. The monoisotopic (exact) mass is 379 g/mol. The number of hydrogen-bond donors (Lipinski definition) is 1. The van der Waals surface area contributed by atoms with Gasteiger partial charge in [-0.2, -0.15) is 0 Å². The molecule has 1 atom stereocenters. The molecule has 1 saturated heterocycles. The predicted octanol–water partition coefficient (Wildman–Crippen LogP) is 2.30. The molecule has 1 aliphatic rings.